The highest BCUT2D eigenvalue weighted by atomic mass is 32.2. The lowest BCUT2D eigenvalue weighted by molar-refractivity contribution is -0.121. The lowest BCUT2D eigenvalue weighted by Crippen LogP contribution is -2.44. The summed E-state index contributed by atoms with van der Waals surface area (Å²) in [5.41, 5.74) is 2.12. The highest BCUT2D eigenvalue weighted by molar-refractivity contribution is 7.88. The summed E-state index contributed by atoms with van der Waals surface area (Å²) < 4.78 is 24.7. The third-order valence-electron chi connectivity index (χ3n) is 3.55. The summed E-state index contributed by atoms with van der Waals surface area (Å²) >= 11 is 0. The molecule has 118 valence electrons. The molecule has 1 amide bonds. The van der Waals surface area contributed by atoms with Gasteiger partial charge in [0.05, 0.1) is 12.8 Å². The number of rotatable bonds is 7. The van der Waals surface area contributed by atoms with E-state index in [4.69, 9.17) is 0 Å². The predicted octanol–water partition coefficient (Wildman–Crippen LogP) is 1.67. The molecule has 0 aliphatic heterocycles. The Hall–Kier alpha value is -1.40. The maximum absolute atomic E-state index is 12.0. The molecule has 1 atom stereocenters. The molecule has 0 aliphatic carbocycles. The van der Waals surface area contributed by atoms with E-state index in [-0.39, 0.29) is 18.5 Å². The smallest absolute Gasteiger partial charge is 0.235 e. The first-order valence-electron chi connectivity index (χ1n) is 7.03. The van der Waals surface area contributed by atoms with Crippen molar-refractivity contribution in [3.8, 4) is 0 Å². The van der Waals surface area contributed by atoms with E-state index in [1.807, 2.05) is 38.1 Å². The SMILES string of the molecule is CCC(C)N(CC(=O)NCc1ccccc1C)S(C)(=O)=O. The van der Waals surface area contributed by atoms with Gasteiger partial charge in [0.15, 0.2) is 0 Å². The summed E-state index contributed by atoms with van der Waals surface area (Å²) in [5.74, 6) is -0.288. The predicted molar refractivity (Wildman–Crippen MR) is 84.3 cm³/mol. The number of aryl methyl sites for hydroxylation is 1. The Labute approximate surface area is 127 Å². The molecule has 1 unspecified atom stereocenters. The number of carbonyl (C=O) groups is 1. The Balaban J connectivity index is 2.65. The number of hydrogen-bond acceptors (Lipinski definition) is 3. The van der Waals surface area contributed by atoms with Crippen molar-refractivity contribution >= 4 is 15.9 Å². The Kier molecular flexibility index (Phi) is 6.36. The van der Waals surface area contributed by atoms with Crippen molar-refractivity contribution in [2.75, 3.05) is 12.8 Å². The number of nitrogens with zero attached hydrogens (tertiary/aromatic N) is 1. The monoisotopic (exact) mass is 312 g/mol. The summed E-state index contributed by atoms with van der Waals surface area (Å²) in [6.45, 7) is 5.94. The Morgan fingerprint density at radius 3 is 2.48 bits per heavy atom. The second kappa shape index (κ2) is 7.56. The fraction of sp³-hybridized carbons (Fsp3) is 0.533. The second-order valence-corrected chi connectivity index (χ2v) is 7.20. The Morgan fingerprint density at radius 1 is 1.33 bits per heavy atom. The molecule has 1 aromatic carbocycles. The number of nitrogens with one attached hydrogen (secondary N) is 1. The van der Waals surface area contributed by atoms with Crippen LogP contribution in [0.5, 0.6) is 0 Å². The van der Waals surface area contributed by atoms with E-state index in [2.05, 4.69) is 5.32 Å². The summed E-state index contributed by atoms with van der Waals surface area (Å²) in [7, 11) is -3.39. The minimum atomic E-state index is -3.39. The minimum Gasteiger partial charge on any atom is -0.351 e. The van der Waals surface area contributed by atoms with Gasteiger partial charge < -0.3 is 5.32 Å². The maximum Gasteiger partial charge on any atom is 0.235 e. The summed E-state index contributed by atoms with van der Waals surface area (Å²) in [5, 5.41) is 2.78. The van der Waals surface area contributed by atoms with Crippen LogP contribution in [0.4, 0.5) is 0 Å². The van der Waals surface area contributed by atoms with Gasteiger partial charge in [0.1, 0.15) is 0 Å². The highest BCUT2D eigenvalue weighted by Gasteiger charge is 2.24. The van der Waals surface area contributed by atoms with E-state index in [1.54, 1.807) is 6.92 Å². The second-order valence-electron chi connectivity index (χ2n) is 5.27. The quantitative estimate of drug-likeness (QED) is 0.833. The zero-order chi connectivity index (χ0) is 16.0. The average Bonchev–Trinajstić information content (AvgIpc) is 2.42. The van der Waals surface area contributed by atoms with Crippen molar-refractivity contribution in [2.45, 2.75) is 39.8 Å². The van der Waals surface area contributed by atoms with Crippen LogP contribution in [0.3, 0.4) is 0 Å². The number of benzene rings is 1. The molecule has 21 heavy (non-hydrogen) atoms. The van der Waals surface area contributed by atoms with E-state index in [1.165, 1.54) is 4.31 Å². The molecule has 0 heterocycles. The van der Waals surface area contributed by atoms with Crippen molar-refractivity contribution in [2.24, 2.45) is 0 Å². The lowest BCUT2D eigenvalue weighted by atomic mass is 10.1. The van der Waals surface area contributed by atoms with Crippen molar-refractivity contribution in [1.29, 1.82) is 0 Å². The van der Waals surface area contributed by atoms with Gasteiger partial charge >= 0.3 is 0 Å². The van der Waals surface area contributed by atoms with E-state index in [9.17, 15) is 13.2 Å². The molecular weight excluding hydrogens is 288 g/mol. The van der Waals surface area contributed by atoms with Crippen molar-refractivity contribution < 1.29 is 13.2 Å². The number of hydrogen-bond donors (Lipinski definition) is 1. The molecule has 0 radical (unpaired) electrons. The first-order chi connectivity index (χ1) is 9.75. The zero-order valence-electron chi connectivity index (χ0n) is 13.1. The fourth-order valence-electron chi connectivity index (χ4n) is 2.00. The van der Waals surface area contributed by atoms with E-state index < -0.39 is 10.0 Å². The number of carbonyl (C=O) groups excluding carboxylic acids is 1. The zero-order valence-corrected chi connectivity index (χ0v) is 13.9. The molecule has 0 aromatic heterocycles. The van der Waals surface area contributed by atoms with Crippen LogP contribution in [0.1, 0.15) is 31.4 Å². The topological polar surface area (TPSA) is 66.5 Å². The third kappa shape index (κ3) is 5.47. The fourth-order valence-corrected chi connectivity index (χ4v) is 3.16. The van der Waals surface area contributed by atoms with Crippen molar-refractivity contribution in [1.82, 2.24) is 9.62 Å². The molecule has 6 heteroatoms. The molecule has 0 spiro atoms. The first kappa shape index (κ1) is 17.7. The van der Waals surface area contributed by atoms with Gasteiger partial charge in [0, 0.05) is 12.6 Å². The van der Waals surface area contributed by atoms with Gasteiger partial charge in [-0.2, -0.15) is 4.31 Å². The first-order valence-corrected chi connectivity index (χ1v) is 8.88. The third-order valence-corrected chi connectivity index (χ3v) is 4.89. The van der Waals surface area contributed by atoms with Crippen LogP contribution < -0.4 is 5.32 Å². The Bertz CT molecular complexity index is 584. The average molecular weight is 312 g/mol. The van der Waals surface area contributed by atoms with Gasteiger partial charge in [-0.3, -0.25) is 4.79 Å². The molecule has 0 saturated carbocycles. The van der Waals surface area contributed by atoms with Crippen molar-refractivity contribution in [3.63, 3.8) is 0 Å². The molecule has 0 saturated heterocycles. The summed E-state index contributed by atoms with van der Waals surface area (Å²) in [6.07, 6.45) is 1.80. The number of amides is 1. The van der Waals surface area contributed by atoms with Crippen LogP contribution in [0.2, 0.25) is 0 Å². The maximum atomic E-state index is 12.0. The summed E-state index contributed by atoms with van der Waals surface area (Å²) in [6, 6.07) is 7.58. The minimum absolute atomic E-state index is 0.139. The lowest BCUT2D eigenvalue weighted by Gasteiger charge is -2.25. The molecular formula is C15H24N2O3S. The van der Waals surface area contributed by atoms with Crippen LogP contribution in [-0.4, -0.2) is 37.5 Å². The molecule has 0 bridgehead atoms. The van der Waals surface area contributed by atoms with Crippen LogP contribution in [0.25, 0.3) is 0 Å². The van der Waals surface area contributed by atoms with Gasteiger partial charge in [0.25, 0.3) is 0 Å². The van der Waals surface area contributed by atoms with Crippen molar-refractivity contribution in [3.05, 3.63) is 35.4 Å². The van der Waals surface area contributed by atoms with Gasteiger partial charge in [0.2, 0.25) is 15.9 Å². The van der Waals surface area contributed by atoms with Crippen LogP contribution in [-0.2, 0) is 21.4 Å². The van der Waals surface area contributed by atoms with Crippen LogP contribution >= 0.6 is 0 Å². The molecule has 1 aromatic rings. The largest absolute Gasteiger partial charge is 0.351 e. The highest BCUT2D eigenvalue weighted by Crippen LogP contribution is 2.09. The normalized spacial score (nSPS) is 13.2. The van der Waals surface area contributed by atoms with E-state index in [0.717, 1.165) is 17.4 Å². The Morgan fingerprint density at radius 2 is 1.95 bits per heavy atom. The van der Waals surface area contributed by atoms with Gasteiger partial charge in [-0.1, -0.05) is 31.2 Å². The van der Waals surface area contributed by atoms with Gasteiger partial charge in [-0.15, -0.1) is 0 Å². The molecule has 5 nitrogen and oxygen atoms in total. The molecule has 0 aliphatic rings. The molecule has 0 fully saturated rings. The molecule has 1 N–H and O–H groups in total. The van der Waals surface area contributed by atoms with Crippen LogP contribution in [0, 0.1) is 6.92 Å². The summed E-state index contributed by atoms with van der Waals surface area (Å²) in [4.78, 5) is 12.0. The molecule has 1 rings (SSSR count). The standard InChI is InChI=1S/C15H24N2O3S/c1-5-13(3)17(21(4,19)20)11-15(18)16-10-14-9-7-6-8-12(14)2/h6-9,13H,5,10-11H2,1-4H3,(H,16,18). The number of sulfonamides is 1. The van der Waals surface area contributed by atoms with E-state index >= 15 is 0 Å². The van der Waals surface area contributed by atoms with Crippen LogP contribution in [0.15, 0.2) is 24.3 Å². The van der Waals surface area contributed by atoms with Gasteiger partial charge in [-0.25, -0.2) is 8.42 Å². The van der Waals surface area contributed by atoms with E-state index in [0.29, 0.717) is 13.0 Å². The van der Waals surface area contributed by atoms with Gasteiger partial charge in [-0.05, 0) is 31.4 Å².